The lowest BCUT2D eigenvalue weighted by Crippen LogP contribution is -2.52. The topological polar surface area (TPSA) is 86.8 Å². The molecule has 10 heteroatoms. The van der Waals surface area contributed by atoms with Gasteiger partial charge in [-0.15, -0.1) is 0 Å². The molecule has 3 aromatic carbocycles. The van der Waals surface area contributed by atoms with Crippen molar-refractivity contribution in [2.45, 2.75) is 50.7 Å². The molecule has 0 fully saturated rings. The normalized spacial score (nSPS) is 12.9. The van der Waals surface area contributed by atoms with E-state index in [4.69, 9.17) is 23.2 Å². The number of nitrogens with one attached hydrogen (secondary N) is 1. The standard InChI is InChI=1S/C28H31Cl2N3O4S/c1-4-20(2)31-28(35)21(3)32(18-22-15-16-25(29)26(30)17-22)27(34)19-33(23-11-7-5-8-12-23)38(36,37)24-13-9-6-10-14-24/h5-17,20-21H,4,18-19H2,1-3H3,(H,31,35)/t20-,21-/m1/s1. The second-order valence-corrected chi connectivity index (χ2v) is 11.6. The van der Waals surface area contributed by atoms with Crippen LogP contribution in [-0.4, -0.2) is 43.8 Å². The molecule has 3 rings (SSSR count). The Morgan fingerprint density at radius 3 is 2.08 bits per heavy atom. The summed E-state index contributed by atoms with van der Waals surface area (Å²) < 4.78 is 28.4. The molecule has 0 unspecified atom stereocenters. The molecule has 2 amide bonds. The molecule has 38 heavy (non-hydrogen) atoms. The number of halogens is 2. The molecule has 0 heterocycles. The molecule has 7 nitrogen and oxygen atoms in total. The molecular formula is C28H31Cl2N3O4S. The molecular weight excluding hydrogens is 545 g/mol. The van der Waals surface area contributed by atoms with Gasteiger partial charge < -0.3 is 10.2 Å². The highest BCUT2D eigenvalue weighted by Gasteiger charge is 2.32. The molecule has 0 saturated heterocycles. The summed E-state index contributed by atoms with van der Waals surface area (Å²) in [4.78, 5) is 28.3. The Labute approximate surface area is 234 Å². The Hall–Kier alpha value is -3.07. The highest BCUT2D eigenvalue weighted by molar-refractivity contribution is 7.92. The molecule has 202 valence electrons. The third kappa shape index (κ3) is 7.28. The maximum absolute atomic E-state index is 13.8. The minimum atomic E-state index is -4.09. The van der Waals surface area contributed by atoms with E-state index in [0.717, 1.165) is 10.7 Å². The molecule has 0 aliphatic rings. The Bertz CT molecular complexity index is 1360. The average Bonchev–Trinajstić information content (AvgIpc) is 2.92. The number of sulfonamides is 1. The molecule has 0 aliphatic heterocycles. The van der Waals surface area contributed by atoms with Crippen molar-refractivity contribution in [3.63, 3.8) is 0 Å². The number of para-hydroxylation sites is 1. The monoisotopic (exact) mass is 575 g/mol. The molecule has 0 radical (unpaired) electrons. The molecule has 1 N–H and O–H groups in total. The Morgan fingerprint density at radius 2 is 1.50 bits per heavy atom. The number of amides is 2. The summed E-state index contributed by atoms with van der Waals surface area (Å²) >= 11 is 12.3. The minimum Gasteiger partial charge on any atom is -0.352 e. The van der Waals surface area contributed by atoms with Gasteiger partial charge in [-0.25, -0.2) is 8.42 Å². The van der Waals surface area contributed by atoms with Crippen LogP contribution in [0, 0.1) is 0 Å². The largest absolute Gasteiger partial charge is 0.352 e. The fourth-order valence-corrected chi connectivity index (χ4v) is 5.48. The van der Waals surface area contributed by atoms with Crippen molar-refractivity contribution in [2.24, 2.45) is 0 Å². The van der Waals surface area contributed by atoms with Gasteiger partial charge in [-0.2, -0.15) is 0 Å². The zero-order valence-corrected chi connectivity index (χ0v) is 23.8. The van der Waals surface area contributed by atoms with Crippen LogP contribution in [0.4, 0.5) is 5.69 Å². The quantitative estimate of drug-likeness (QED) is 0.326. The van der Waals surface area contributed by atoms with E-state index in [1.165, 1.54) is 17.0 Å². The number of carbonyl (C=O) groups excluding carboxylic acids is 2. The summed E-state index contributed by atoms with van der Waals surface area (Å²) in [5, 5.41) is 3.57. The molecule has 0 bridgehead atoms. The predicted molar refractivity (Wildman–Crippen MR) is 152 cm³/mol. The van der Waals surface area contributed by atoms with Crippen LogP contribution in [0.25, 0.3) is 0 Å². The number of hydrogen-bond acceptors (Lipinski definition) is 4. The van der Waals surface area contributed by atoms with E-state index < -0.39 is 28.5 Å². The first kappa shape index (κ1) is 29.5. The van der Waals surface area contributed by atoms with Gasteiger partial charge in [0.2, 0.25) is 11.8 Å². The summed E-state index contributed by atoms with van der Waals surface area (Å²) in [5.74, 6) is -0.892. The number of benzene rings is 3. The van der Waals surface area contributed by atoms with Crippen LogP contribution in [-0.2, 0) is 26.2 Å². The van der Waals surface area contributed by atoms with Crippen molar-refractivity contribution in [2.75, 3.05) is 10.8 Å². The van der Waals surface area contributed by atoms with E-state index in [1.807, 2.05) is 13.8 Å². The van der Waals surface area contributed by atoms with Crippen LogP contribution in [0.5, 0.6) is 0 Å². The van der Waals surface area contributed by atoms with Gasteiger partial charge in [-0.3, -0.25) is 13.9 Å². The van der Waals surface area contributed by atoms with E-state index in [1.54, 1.807) is 73.7 Å². The molecule has 3 aromatic rings. The van der Waals surface area contributed by atoms with Crippen molar-refractivity contribution in [3.05, 3.63) is 94.5 Å². The van der Waals surface area contributed by atoms with Crippen LogP contribution < -0.4 is 9.62 Å². The predicted octanol–water partition coefficient (Wildman–Crippen LogP) is 5.52. The van der Waals surface area contributed by atoms with E-state index >= 15 is 0 Å². The molecule has 0 aromatic heterocycles. The Kier molecular flexibility index (Phi) is 10.2. The molecule has 0 saturated carbocycles. The number of carbonyl (C=O) groups is 2. The van der Waals surface area contributed by atoms with Crippen LogP contribution in [0.1, 0.15) is 32.8 Å². The first-order chi connectivity index (χ1) is 18.0. The smallest absolute Gasteiger partial charge is 0.264 e. The van der Waals surface area contributed by atoms with Crippen molar-refractivity contribution in [1.29, 1.82) is 0 Å². The van der Waals surface area contributed by atoms with Crippen molar-refractivity contribution in [1.82, 2.24) is 10.2 Å². The summed E-state index contributed by atoms with van der Waals surface area (Å²) in [6.45, 7) is 4.95. The van der Waals surface area contributed by atoms with E-state index in [2.05, 4.69) is 5.32 Å². The summed E-state index contributed by atoms with van der Waals surface area (Å²) in [6, 6.07) is 20.3. The molecule has 2 atom stereocenters. The van der Waals surface area contributed by atoms with Crippen molar-refractivity contribution in [3.8, 4) is 0 Å². The Morgan fingerprint density at radius 1 is 0.895 bits per heavy atom. The van der Waals surface area contributed by atoms with E-state index in [-0.39, 0.29) is 23.4 Å². The van der Waals surface area contributed by atoms with E-state index in [0.29, 0.717) is 21.3 Å². The van der Waals surface area contributed by atoms with Gasteiger partial charge in [-0.1, -0.05) is 72.6 Å². The van der Waals surface area contributed by atoms with Gasteiger partial charge in [-0.05, 0) is 62.2 Å². The van der Waals surface area contributed by atoms with Gasteiger partial charge >= 0.3 is 0 Å². The SMILES string of the molecule is CC[C@@H](C)NC(=O)[C@@H](C)N(Cc1ccc(Cl)c(Cl)c1)C(=O)CN(c1ccccc1)S(=O)(=O)c1ccccc1. The van der Waals surface area contributed by atoms with Gasteiger partial charge in [0.25, 0.3) is 10.0 Å². The lowest BCUT2D eigenvalue weighted by Gasteiger charge is -2.32. The van der Waals surface area contributed by atoms with Gasteiger partial charge in [0.15, 0.2) is 0 Å². The number of rotatable bonds is 11. The van der Waals surface area contributed by atoms with Crippen LogP contribution in [0.3, 0.4) is 0 Å². The third-order valence-corrected chi connectivity index (χ3v) is 8.69. The molecule has 0 spiro atoms. The first-order valence-electron chi connectivity index (χ1n) is 12.2. The first-order valence-corrected chi connectivity index (χ1v) is 14.4. The van der Waals surface area contributed by atoms with Crippen molar-refractivity contribution < 1.29 is 18.0 Å². The van der Waals surface area contributed by atoms with Gasteiger partial charge in [0.1, 0.15) is 12.6 Å². The third-order valence-electron chi connectivity index (χ3n) is 6.16. The van der Waals surface area contributed by atoms with Gasteiger partial charge in [0.05, 0.1) is 20.6 Å². The van der Waals surface area contributed by atoms with Crippen LogP contribution in [0.2, 0.25) is 10.0 Å². The summed E-state index contributed by atoms with van der Waals surface area (Å²) in [6.07, 6.45) is 0.719. The summed E-state index contributed by atoms with van der Waals surface area (Å²) in [5.41, 5.74) is 0.976. The number of hydrogen-bond donors (Lipinski definition) is 1. The maximum atomic E-state index is 13.8. The highest BCUT2D eigenvalue weighted by atomic mass is 35.5. The Balaban J connectivity index is 2.00. The van der Waals surface area contributed by atoms with Crippen LogP contribution in [0.15, 0.2) is 83.8 Å². The lowest BCUT2D eigenvalue weighted by atomic mass is 10.1. The van der Waals surface area contributed by atoms with Crippen LogP contribution >= 0.6 is 23.2 Å². The average molecular weight is 577 g/mol. The highest BCUT2D eigenvalue weighted by Crippen LogP contribution is 2.26. The minimum absolute atomic E-state index is 0.0266. The molecule has 0 aliphatic carbocycles. The van der Waals surface area contributed by atoms with Gasteiger partial charge in [0, 0.05) is 12.6 Å². The maximum Gasteiger partial charge on any atom is 0.264 e. The number of anilines is 1. The second-order valence-electron chi connectivity index (χ2n) is 8.92. The zero-order valence-electron chi connectivity index (χ0n) is 21.5. The number of nitrogens with zero attached hydrogens (tertiary/aromatic N) is 2. The summed E-state index contributed by atoms with van der Waals surface area (Å²) in [7, 11) is -4.09. The van der Waals surface area contributed by atoms with E-state index in [9.17, 15) is 18.0 Å². The fraction of sp³-hybridized carbons (Fsp3) is 0.286. The zero-order chi connectivity index (χ0) is 27.9. The fourth-order valence-electron chi connectivity index (χ4n) is 3.73. The lowest BCUT2D eigenvalue weighted by molar-refractivity contribution is -0.139. The second kappa shape index (κ2) is 13.1. The van der Waals surface area contributed by atoms with Crippen molar-refractivity contribution >= 4 is 50.7 Å².